The highest BCUT2D eigenvalue weighted by Crippen LogP contribution is 2.34. The van der Waals surface area contributed by atoms with Crippen LogP contribution < -0.4 is 5.32 Å². The predicted molar refractivity (Wildman–Crippen MR) is 81.5 cm³/mol. The molecule has 1 N–H and O–H groups in total. The molecule has 1 amide bonds. The normalized spacial score (nSPS) is 27.4. The van der Waals surface area contributed by atoms with Gasteiger partial charge in [-0.1, -0.05) is 50.5 Å². The maximum atomic E-state index is 12.1. The molecular weight excluding hydrogens is 250 g/mol. The number of carbonyl (C=O) groups excluding carboxylic acids is 1. The molecule has 0 aromatic carbocycles. The van der Waals surface area contributed by atoms with E-state index in [1.165, 1.54) is 32.1 Å². The minimum Gasteiger partial charge on any atom is -0.443 e. The van der Waals surface area contributed by atoms with Crippen LogP contribution in [0.25, 0.3) is 0 Å². The summed E-state index contributed by atoms with van der Waals surface area (Å²) in [6, 6.07) is 0.0367. The molecule has 0 radical (unpaired) electrons. The van der Waals surface area contributed by atoms with Crippen molar-refractivity contribution in [3.63, 3.8) is 0 Å². The number of alkyl carbamates (subject to hydrolysis) is 1. The molecule has 0 saturated heterocycles. The van der Waals surface area contributed by atoms with E-state index >= 15 is 0 Å². The highest BCUT2D eigenvalue weighted by Gasteiger charge is 2.34. The lowest BCUT2D eigenvalue weighted by molar-refractivity contribution is -0.0195. The topological polar surface area (TPSA) is 38.3 Å². The number of rotatable bonds is 3. The minimum absolute atomic E-state index is 0.0367. The fraction of sp³-hybridized carbons (Fsp3) is 0.706. The monoisotopic (exact) mass is 277 g/mol. The van der Waals surface area contributed by atoms with Crippen molar-refractivity contribution in [2.45, 2.75) is 64.5 Å². The number of hydrogen-bond donors (Lipinski definition) is 1. The Hall–Kier alpha value is -1.25. The summed E-state index contributed by atoms with van der Waals surface area (Å²) < 4.78 is 5.72. The molecule has 20 heavy (non-hydrogen) atoms. The highest BCUT2D eigenvalue weighted by molar-refractivity contribution is 5.68. The molecule has 2 aliphatic rings. The van der Waals surface area contributed by atoms with E-state index in [1.54, 1.807) is 0 Å². The van der Waals surface area contributed by atoms with Crippen LogP contribution in [0.2, 0.25) is 0 Å². The standard InChI is InChI=1S/C17H27NO2/c1-13-9-7-8-12-15(13)18-16(19)20-17(2,3)14-10-5-4-6-11-14/h7-9,12-15H,4-6,10-11H2,1-3H3,(H,18,19). The second-order valence-corrected chi connectivity index (χ2v) is 6.63. The van der Waals surface area contributed by atoms with Gasteiger partial charge in [0.25, 0.3) is 0 Å². The van der Waals surface area contributed by atoms with Crippen molar-refractivity contribution in [2.24, 2.45) is 11.8 Å². The van der Waals surface area contributed by atoms with E-state index in [1.807, 2.05) is 32.1 Å². The Morgan fingerprint density at radius 1 is 1.15 bits per heavy atom. The van der Waals surface area contributed by atoms with Gasteiger partial charge >= 0.3 is 6.09 Å². The Morgan fingerprint density at radius 3 is 2.45 bits per heavy atom. The molecule has 2 rings (SSSR count). The third kappa shape index (κ3) is 3.87. The van der Waals surface area contributed by atoms with Gasteiger partial charge in [-0.3, -0.25) is 0 Å². The van der Waals surface area contributed by atoms with Gasteiger partial charge in [0.1, 0.15) is 5.60 Å². The van der Waals surface area contributed by atoms with Gasteiger partial charge in [-0.2, -0.15) is 0 Å². The molecule has 1 fully saturated rings. The Balaban J connectivity index is 1.86. The third-order valence-corrected chi connectivity index (χ3v) is 4.64. The summed E-state index contributed by atoms with van der Waals surface area (Å²) in [5.41, 5.74) is -0.373. The van der Waals surface area contributed by atoms with Gasteiger partial charge in [0.15, 0.2) is 0 Å². The van der Waals surface area contributed by atoms with Crippen molar-refractivity contribution < 1.29 is 9.53 Å². The lowest BCUT2D eigenvalue weighted by atomic mass is 9.79. The van der Waals surface area contributed by atoms with E-state index in [2.05, 4.69) is 18.3 Å². The maximum absolute atomic E-state index is 12.1. The van der Waals surface area contributed by atoms with Crippen LogP contribution in [0.1, 0.15) is 52.9 Å². The van der Waals surface area contributed by atoms with Crippen LogP contribution in [0.5, 0.6) is 0 Å². The van der Waals surface area contributed by atoms with E-state index in [0.717, 1.165) is 0 Å². The fourth-order valence-electron chi connectivity index (χ4n) is 3.18. The second kappa shape index (κ2) is 6.47. The Morgan fingerprint density at radius 2 is 1.80 bits per heavy atom. The molecule has 0 aromatic rings. The van der Waals surface area contributed by atoms with Crippen LogP contribution in [0.4, 0.5) is 4.79 Å². The summed E-state index contributed by atoms with van der Waals surface area (Å²) in [4.78, 5) is 12.1. The minimum atomic E-state index is -0.373. The fourth-order valence-corrected chi connectivity index (χ4v) is 3.18. The first-order valence-corrected chi connectivity index (χ1v) is 7.83. The summed E-state index contributed by atoms with van der Waals surface area (Å²) >= 11 is 0. The van der Waals surface area contributed by atoms with E-state index in [-0.39, 0.29) is 17.7 Å². The van der Waals surface area contributed by atoms with Crippen LogP contribution in [0.3, 0.4) is 0 Å². The Bertz CT molecular complexity index is 392. The van der Waals surface area contributed by atoms with Gasteiger partial charge in [0, 0.05) is 0 Å². The summed E-state index contributed by atoms with van der Waals surface area (Å²) in [5.74, 6) is 0.798. The van der Waals surface area contributed by atoms with Crippen molar-refractivity contribution in [3.8, 4) is 0 Å². The summed E-state index contributed by atoms with van der Waals surface area (Å²) in [5, 5.41) is 2.96. The number of hydrogen-bond acceptors (Lipinski definition) is 2. The number of ether oxygens (including phenoxy) is 1. The molecule has 3 heteroatoms. The molecule has 0 heterocycles. The summed E-state index contributed by atoms with van der Waals surface area (Å²) in [6.07, 6.45) is 14.0. The SMILES string of the molecule is CC1C=CC=CC1NC(=O)OC(C)(C)C1CCCCC1. The smallest absolute Gasteiger partial charge is 0.408 e. The van der Waals surface area contributed by atoms with Gasteiger partial charge in [0.05, 0.1) is 6.04 Å². The summed E-state index contributed by atoms with van der Waals surface area (Å²) in [6.45, 7) is 6.18. The van der Waals surface area contributed by atoms with Crippen LogP contribution >= 0.6 is 0 Å². The van der Waals surface area contributed by atoms with E-state index in [9.17, 15) is 4.79 Å². The van der Waals surface area contributed by atoms with Crippen LogP contribution in [0.15, 0.2) is 24.3 Å². The molecule has 2 atom stereocenters. The third-order valence-electron chi connectivity index (χ3n) is 4.64. The Labute approximate surface area is 122 Å². The van der Waals surface area contributed by atoms with Gasteiger partial charge in [-0.05, 0) is 38.5 Å². The molecule has 0 spiro atoms. The average molecular weight is 277 g/mol. The summed E-state index contributed by atoms with van der Waals surface area (Å²) in [7, 11) is 0. The van der Waals surface area contributed by atoms with Crippen molar-refractivity contribution in [1.29, 1.82) is 0 Å². The molecule has 3 nitrogen and oxygen atoms in total. The molecule has 112 valence electrons. The van der Waals surface area contributed by atoms with Crippen LogP contribution in [-0.4, -0.2) is 17.7 Å². The van der Waals surface area contributed by atoms with Crippen molar-refractivity contribution >= 4 is 6.09 Å². The number of carbonyl (C=O) groups is 1. The van der Waals surface area contributed by atoms with Gasteiger partial charge in [0.2, 0.25) is 0 Å². The maximum Gasteiger partial charge on any atom is 0.408 e. The van der Waals surface area contributed by atoms with E-state index < -0.39 is 0 Å². The molecule has 0 bridgehead atoms. The molecular formula is C17H27NO2. The zero-order valence-corrected chi connectivity index (χ0v) is 12.9. The first kappa shape index (κ1) is 15.1. The lowest BCUT2D eigenvalue weighted by Crippen LogP contribution is -2.45. The van der Waals surface area contributed by atoms with Crippen LogP contribution in [-0.2, 0) is 4.74 Å². The largest absolute Gasteiger partial charge is 0.443 e. The van der Waals surface area contributed by atoms with E-state index in [0.29, 0.717) is 11.8 Å². The predicted octanol–water partition coefficient (Wildman–Crippen LogP) is 4.20. The zero-order chi connectivity index (χ0) is 14.6. The number of allylic oxidation sites excluding steroid dienone is 2. The zero-order valence-electron chi connectivity index (χ0n) is 12.9. The molecule has 0 aromatic heterocycles. The first-order chi connectivity index (χ1) is 9.49. The van der Waals surface area contributed by atoms with E-state index in [4.69, 9.17) is 4.74 Å². The van der Waals surface area contributed by atoms with Crippen molar-refractivity contribution in [3.05, 3.63) is 24.3 Å². The van der Waals surface area contributed by atoms with Gasteiger partial charge in [-0.25, -0.2) is 4.79 Å². The first-order valence-electron chi connectivity index (χ1n) is 7.83. The average Bonchev–Trinajstić information content (AvgIpc) is 2.42. The Kier molecular flexibility index (Phi) is 4.90. The highest BCUT2D eigenvalue weighted by atomic mass is 16.6. The molecule has 1 saturated carbocycles. The quantitative estimate of drug-likeness (QED) is 0.839. The van der Waals surface area contributed by atoms with Crippen molar-refractivity contribution in [2.75, 3.05) is 0 Å². The molecule has 2 unspecified atom stereocenters. The lowest BCUT2D eigenvalue weighted by Gasteiger charge is -2.37. The van der Waals surface area contributed by atoms with Gasteiger partial charge in [-0.15, -0.1) is 0 Å². The molecule has 0 aliphatic heterocycles. The number of amides is 1. The van der Waals surface area contributed by atoms with Crippen LogP contribution in [0, 0.1) is 11.8 Å². The molecule has 2 aliphatic carbocycles. The van der Waals surface area contributed by atoms with Gasteiger partial charge < -0.3 is 10.1 Å². The van der Waals surface area contributed by atoms with Crippen molar-refractivity contribution in [1.82, 2.24) is 5.32 Å². The number of nitrogens with one attached hydrogen (secondary N) is 1. The second-order valence-electron chi connectivity index (χ2n) is 6.63.